The van der Waals surface area contributed by atoms with Crippen molar-refractivity contribution in [3.63, 3.8) is 0 Å². The highest BCUT2D eigenvalue weighted by atomic mass is 32.2. The molecule has 2 fully saturated rings. The Morgan fingerprint density at radius 1 is 0.522 bits per heavy atom. The Hall–Kier alpha value is -1.64. The number of unbranched alkanes of at least 4 members (excludes halogenated alkanes) is 8. The van der Waals surface area contributed by atoms with Crippen molar-refractivity contribution >= 4 is 27.7 Å². The fraction of sp³-hybridized carbons (Fsp3) is 0.950. The fourth-order valence-electron chi connectivity index (χ4n) is 14.2. The molecule has 0 spiro atoms. The quantitative estimate of drug-likeness (QED) is 0.0509. The van der Waals surface area contributed by atoms with Gasteiger partial charge in [0, 0.05) is 5.92 Å². The van der Waals surface area contributed by atoms with E-state index in [0.29, 0.717) is 57.8 Å². The molecule has 1 aliphatic carbocycles. The number of carboxylic acid groups (broad SMARTS) is 1. The summed E-state index contributed by atoms with van der Waals surface area (Å²) in [5.74, 6) is -1.68. The number of carbonyl (C=O) groups excluding carboxylic acids is 2. The first kappa shape index (κ1) is 63.5. The minimum absolute atomic E-state index is 0.187. The second-order valence-electron chi connectivity index (χ2n) is 27.3. The predicted molar refractivity (Wildman–Crippen MR) is 289 cm³/mol. The SMILES string of the molecule is CCCCCC(C)(C)CC(C)(C(=O)OC1C2CCC(C2)S1(=O)=O)C(C)(CCCCC)C(C)(CCCCC)CC(C)(C(=O)OC(C)(C)C)C(C)(CCCCC)C(C)(CC)CC(C)(C(=O)O)C(C)(C)CC. The number of ether oxygens (including phenoxy) is 2. The van der Waals surface area contributed by atoms with E-state index in [1.165, 1.54) is 0 Å². The lowest BCUT2D eigenvalue weighted by molar-refractivity contribution is -0.209. The van der Waals surface area contributed by atoms with Crippen LogP contribution in [0.3, 0.4) is 0 Å². The highest BCUT2D eigenvalue weighted by Crippen LogP contribution is 2.70. The monoisotopic (exact) mass is 993 g/mol. The number of hydrogen-bond acceptors (Lipinski definition) is 7. The van der Waals surface area contributed by atoms with Crippen LogP contribution in [0.15, 0.2) is 0 Å². The Balaban J connectivity index is 3.33. The summed E-state index contributed by atoms with van der Waals surface area (Å²) in [5.41, 5.74) is -9.13. The summed E-state index contributed by atoms with van der Waals surface area (Å²) in [6, 6.07) is 0. The lowest BCUT2D eigenvalue weighted by atomic mass is 9.39. The summed E-state index contributed by atoms with van der Waals surface area (Å²) in [6.45, 7) is 43.1. The molecular weight excluding hydrogens is 881 g/mol. The Labute approximate surface area is 426 Å². The molecule has 1 N–H and O–H groups in total. The lowest BCUT2D eigenvalue weighted by Crippen LogP contribution is -2.62. The Bertz CT molecular complexity index is 1780. The topological polar surface area (TPSA) is 124 Å². The van der Waals surface area contributed by atoms with Crippen LogP contribution in [0, 0.1) is 54.7 Å². The summed E-state index contributed by atoms with van der Waals surface area (Å²) in [7, 11) is -3.65. The second kappa shape index (κ2) is 24.1. The van der Waals surface area contributed by atoms with Gasteiger partial charge in [-0.1, -0.05) is 180 Å². The average molecular weight is 994 g/mol. The van der Waals surface area contributed by atoms with Gasteiger partial charge in [0.25, 0.3) is 0 Å². The number of carbonyl (C=O) groups is 3. The molecule has 2 bridgehead atoms. The van der Waals surface area contributed by atoms with E-state index in [-0.39, 0.29) is 17.3 Å². The Morgan fingerprint density at radius 3 is 1.36 bits per heavy atom. The van der Waals surface area contributed by atoms with Crippen LogP contribution >= 0.6 is 0 Å². The number of hydrogen-bond donors (Lipinski definition) is 1. The number of sulfone groups is 1. The zero-order valence-electron chi connectivity index (χ0n) is 48.9. The van der Waals surface area contributed by atoms with Crippen molar-refractivity contribution in [1.29, 1.82) is 0 Å². The van der Waals surface area contributed by atoms with Crippen LogP contribution in [-0.4, -0.2) is 47.7 Å². The van der Waals surface area contributed by atoms with Gasteiger partial charge in [-0.3, -0.25) is 14.4 Å². The maximum atomic E-state index is 16.1. The van der Waals surface area contributed by atoms with Gasteiger partial charge < -0.3 is 14.6 Å². The summed E-state index contributed by atoms with van der Waals surface area (Å²) >= 11 is 0. The van der Waals surface area contributed by atoms with Crippen LogP contribution in [-0.2, 0) is 33.7 Å². The molecule has 1 saturated carbocycles. The van der Waals surface area contributed by atoms with E-state index >= 15 is 9.59 Å². The molecule has 1 aliphatic heterocycles. The first-order valence-corrected chi connectivity index (χ1v) is 30.0. The van der Waals surface area contributed by atoms with Crippen molar-refractivity contribution in [2.45, 2.75) is 309 Å². The maximum Gasteiger partial charge on any atom is 0.313 e. The predicted octanol–water partition coefficient (Wildman–Crippen LogP) is 17.3. The number of aliphatic carboxylic acids is 1. The van der Waals surface area contributed by atoms with Gasteiger partial charge in [-0.25, -0.2) is 8.42 Å². The molecule has 69 heavy (non-hydrogen) atoms. The first-order chi connectivity index (χ1) is 31.5. The normalized spacial score (nSPS) is 24.7. The molecule has 8 nitrogen and oxygen atoms in total. The van der Waals surface area contributed by atoms with Crippen LogP contribution < -0.4 is 0 Å². The summed E-state index contributed by atoms with van der Waals surface area (Å²) in [5, 5.41) is 10.9. The van der Waals surface area contributed by atoms with Crippen molar-refractivity contribution in [3.05, 3.63) is 0 Å². The number of esters is 2. The van der Waals surface area contributed by atoms with Crippen molar-refractivity contribution in [1.82, 2.24) is 0 Å². The first-order valence-electron chi connectivity index (χ1n) is 28.4. The van der Waals surface area contributed by atoms with E-state index < -0.39 is 81.4 Å². The van der Waals surface area contributed by atoms with Gasteiger partial charge in [-0.15, -0.1) is 0 Å². The maximum absolute atomic E-state index is 16.1. The molecule has 0 aromatic rings. The van der Waals surface area contributed by atoms with E-state index in [1.54, 1.807) is 0 Å². The molecule has 0 aromatic carbocycles. The van der Waals surface area contributed by atoms with Crippen LogP contribution in [0.1, 0.15) is 293 Å². The molecule has 9 heteroatoms. The molecule has 10 atom stereocenters. The van der Waals surface area contributed by atoms with Crippen molar-refractivity contribution < 1.29 is 37.4 Å². The smallest absolute Gasteiger partial charge is 0.313 e. The fourth-order valence-corrected chi connectivity index (χ4v) is 16.5. The molecule has 1 heterocycles. The second-order valence-corrected chi connectivity index (χ2v) is 29.6. The van der Waals surface area contributed by atoms with E-state index in [0.717, 1.165) is 96.3 Å². The third-order valence-corrected chi connectivity index (χ3v) is 23.0. The molecule has 2 rings (SSSR count). The average Bonchev–Trinajstić information content (AvgIpc) is 3.83. The van der Waals surface area contributed by atoms with Gasteiger partial charge in [-0.05, 0) is 145 Å². The number of rotatable bonds is 33. The minimum Gasteiger partial charge on any atom is -0.481 e. The zero-order chi connectivity index (χ0) is 53.3. The van der Waals surface area contributed by atoms with Gasteiger partial charge >= 0.3 is 17.9 Å². The number of carboxylic acids is 1. The summed E-state index contributed by atoms with van der Waals surface area (Å²) < 4.78 is 41.6. The molecule has 10 unspecified atom stereocenters. The van der Waals surface area contributed by atoms with Crippen LogP contribution in [0.25, 0.3) is 0 Å². The van der Waals surface area contributed by atoms with Gasteiger partial charge in [0.1, 0.15) is 5.60 Å². The molecular formula is C60H112O8S. The molecule has 2 aliphatic rings. The molecule has 1 saturated heterocycles. The summed E-state index contributed by atoms with van der Waals surface area (Å²) in [4.78, 5) is 45.9. The van der Waals surface area contributed by atoms with E-state index in [4.69, 9.17) is 9.47 Å². The van der Waals surface area contributed by atoms with E-state index in [9.17, 15) is 18.3 Å². The Kier molecular flexibility index (Phi) is 22.2. The highest BCUT2D eigenvalue weighted by Gasteiger charge is 2.68. The minimum atomic E-state index is -3.65. The van der Waals surface area contributed by atoms with Gasteiger partial charge in [-0.2, -0.15) is 0 Å². The molecule has 0 radical (unpaired) electrons. The van der Waals surface area contributed by atoms with Crippen LogP contribution in [0.5, 0.6) is 0 Å². The summed E-state index contributed by atoms with van der Waals surface area (Å²) in [6.07, 6.45) is 19.4. The van der Waals surface area contributed by atoms with E-state index in [1.807, 2.05) is 27.7 Å². The standard InChI is InChI=1S/C60H112O8S/c1-21-27-31-37-52(10,11)42-57(17,49(63)67-47-45-35-36-46(41-45)69(47,65)66)60(20,40-34-30-24-4)55(15,38-32-28-22-2)44-58(18,50(64)68-51(7,8)9)59(19,39-33-29-23-3)54(14,26-6)43-56(16,48(61)62)53(12,13)25-5/h45-47H,21-44H2,1-20H3,(H,61,62). The van der Waals surface area contributed by atoms with E-state index in [2.05, 4.69) is 111 Å². The third-order valence-electron chi connectivity index (χ3n) is 20.5. The van der Waals surface area contributed by atoms with Gasteiger partial charge in [0.2, 0.25) is 5.44 Å². The highest BCUT2D eigenvalue weighted by molar-refractivity contribution is 7.92. The molecule has 0 aromatic heterocycles. The largest absolute Gasteiger partial charge is 0.481 e. The third kappa shape index (κ3) is 13.4. The van der Waals surface area contributed by atoms with Gasteiger partial charge in [0.05, 0.1) is 21.5 Å². The van der Waals surface area contributed by atoms with Crippen molar-refractivity contribution in [2.24, 2.45) is 54.7 Å². The van der Waals surface area contributed by atoms with Gasteiger partial charge in [0.15, 0.2) is 9.84 Å². The molecule has 406 valence electrons. The van der Waals surface area contributed by atoms with Crippen molar-refractivity contribution in [2.75, 3.05) is 0 Å². The Morgan fingerprint density at radius 2 is 0.957 bits per heavy atom. The van der Waals surface area contributed by atoms with Crippen molar-refractivity contribution in [3.8, 4) is 0 Å². The molecule has 0 amide bonds. The van der Waals surface area contributed by atoms with Crippen LogP contribution in [0.4, 0.5) is 0 Å². The lowest BCUT2D eigenvalue weighted by Gasteiger charge is -2.64. The number of fused-ring (bicyclic) bond motifs is 2. The zero-order valence-corrected chi connectivity index (χ0v) is 49.7. The van der Waals surface area contributed by atoms with Crippen LogP contribution in [0.2, 0.25) is 0 Å².